The molecular weight excluding hydrogens is 232 g/mol. The molecule has 2 aliphatic rings. The van der Waals surface area contributed by atoms with Crippen LogP contribution in [0.4, 0.5) is 0 Å². The lowest BCUT2D eigenvalue weighted by Gasteiger charge is -2.20. The van der Waals surface area contributed by atoms with Gasteiger partial charge in [0.1, 0.15) is 0 Å². The molecule has 102 valence electrons. The summed E-state index contributed by atoms with van der Waals surface area (Å²) in [5, 5.41) is 0. The zero-order valence-corrected chi connectivity index (χ0v) is 13.0. The van der Waals surface area contributed by atoms with Crippen LogP contribution in [-0.2, 0) is 4.79 Å². The highest BCUT2D eigenvalue weighted by molar-refractivity contribution is 6.16. The Hall–Kier alpha value is -1.29. The minimum atomic E-state index is -0.114. The average molecular weight is 256 g/mol. The Morgan fingerprint density at radius 2 is 1.63 bits per heavy atom. The number of Topliss-reactive ketones (excluding diaryl/α,β-unsaturated/α-hetero) is 1. The van der Waals surface area contributed by atoms with Crippen molar-refractivity contribution >= 4 is 5.78 Å². The molecule has 0 unspecified atom stereocenters. The maximum atomic E-state index is 12.6. The third kappa shape index (κ3) is 3.00. The van der Waals surface area contributed by atoms with Crippen LogP contribution in [0.25, 0.3) is 0 Å². The molecule has 0 N–H and O–H groups in total. The van der Waals surface area contributed by atoms with Gasteiger partial charge in [-0.15, -0.1) is 0 Å². The molecule has 0 aromatic rings. The van der Waals surface area contributed by atoms with E-state index in [1.54, 1.807) is 0 Å². The van der Waals surface area contributed by atoms with Gasteiger partial charge in [0.15, 0.2) is 5.78 Å². The van der Waals surface area contributed by atoms with E-state index in [0.717, 1.165) is 16.7 Å². The first-order chi connectivity index (χ1) is 8.60. The Balaban J connectivity index is 2.44. The largest absolute Gasteiger partial charge is 0.288 e. The lowest BCUT2D eigenvalue weighted by atomic mass is 9.83. The molecule has 1 saturated carbocycles. The van der Waals surface area contributed by atoms with Crippen molar-refractivity contribution in [3.63, 3.8) is 0 Å². The van der Waals surface area contributed by atoms with Crippen molar-refractivity contribution in [2.45, 2.75) is 54.4 Å². The summed E-state index contributed by atoms with van der Waals surface area (Å²) < 4.78 is 0. The molecule has 0 atom stereocenters. The maximum Gasteiger partial charge on any atom is 0.198 e. The van der Waals surface area contributed by atoms with E-state index in [0.29, 0.717) is 5.92 Å². The minimum Gasteiger partial charge on any atom is -0.288 e. The van der Waals surface area contributed by atoms with E-state index in [-0.39, 0.29) is 16.6 Å². The van der Waals surface area contributed by atoms with Crippen molar-refractivity contribution in [2.24, 2.45) is 16.7 Å². The van der Waals surface area contributed by atoms with Gasteiger partial charge in [0.25, 0.3) is 0 Å². The summed E-state index contributed by atoms with van der Waals surface area (Å²) in [5.41, 5.74) is 2.60. The smallest absolute Gasteiger partial charge is 0.198 e. The lowest BCUT2D eigenvalue weighted by molar-refractivity contribution is -0.112. The Bertz CT molecular complexity index is 529. The topological polar surface area (TPSA) is 17.1 Å². The maximum absolute atomic E-state index is 12.6. The van der Waals surface area contributed by atoms with Gasteiger partial charge in [0, 0.05) is 11.5 Å². The molecule has 1 heteroatoms. The summed E-state index contributed by atoms with van der Waals surface area (Å²) in [7, 11) is 0. The molecule has 1 fully saturated rings. The van der Waals surface area contributed by atoms with Crippen molar-refractivity contribution in [2.75, 3.05) is 0 Å². The number of carbonyl (C=O) groups is 1. The molecule has 2 aliphatic carbocycles. The second-order valence-corrected chi connectivity index (χ2v) is 7.72. The average Bonchev–Trinajstić information content (AvgIpc) is 2.96. The van der Waals surface area contributed by atoms with E-state index in [1.165, 1.54) is 12.8 Å². The number of allylic oxidation sites excluding steroid dienone is 4. The fourth-order valence-electron chi connectivity index (χ4n) is 2.21. The first-order valence-electron chi connectivity index (χ1n) is 7.14. The molecule has 0 amide bonds. The predicted molar refractivity (Wildman–Crippen MR) is 79.5 cm³/mol. The number of carbonyl (C=O) groups excluding carboxylic acids is 1. The molecule has 2 rings (SSSR count). The van der Waals surface area contributed by atoms with Crippen LogP contribution in [-0.4, -0.2) is 5.78 Å². The van der Waals surface area contributed by atoms with Gasteiger partial charge in [-0.1, -0.05) is 53.4 Å². The molecular formula is C18H24O. The van der Waals surface area contributed by atoms with Gasteiger partial charge in [-0.05, 0) is 35.3 Å². The van der Waals surface area contributed by atoms with Crippen molar-refractivity contribution in [1.29, 1.82) is 0 Å². The van der Waals surface area contributed by atoms with Gasteiger partial charge in [0.05, 0.1) is 5.57 Å². The molecule has 0 saturated heterocycles. The summed E-state index contributed by atoms with van der Waals surface area (Å²) >= 11 is 0. The summed E-state index contributed by atoms with van der Waals surface area (Å²) in [5.74, 6) is 7.09. The second-order valence-electron chi connectivity index (χ2n) is 7.72. The van der Waals surface area contributed by atoms with Crippen molar-refractivity contribution in [1.82, 2.24) is 0 Å². The molecule has 0 aliphatic heterocycles. The number of rotatable bonds is 0. The van der Waals surface area contributed by atoms with Crippen LogP contribution < -0.4 is 0 Å². The van der Waals surface area contributed by atoms with Gasteiger partial charge in [-0.2, -0.15) is 0 Å². The highest BCUT2D eigenvalue weighted by atomic mass is 16.1. The zero-order valence-electron chi connectivity index (χ0n) is 13.0. The van der Waals surface area contributed by atoms with Crippen molar-refractivity contribution in [3.05, 3.63) is 22.8 Å². The van der Waals surface area contributed by atoms with E-state index in [9.17, 15) is 4.79 Å². The van der Waals surface area contributed by atoms with E-state index >= 15 is 0 Å². The van der Waals surface area contributed by atoms with E-state index < -0.39 is 0 Å². The first kappa shape index (κ1) is 14.1. The molecule has 0 aromatic heterocycles. The van der Waals surface area contributed by atoms with Crippen molar-refractivity contribution in [3.8, 4) is 11.8 Å². The van der Waals surface area contributed by atoms with Gasteiger partial charge in [-0.25, -0.2) is 0 Å². The number of hydrogen-bond acceptors (Lipinski definition) is 1. The molecule has 1 nitrogen and oxygen atoms in total. The quantitative estimate of drug-likeness (QED) is 0.591. The van der Waals surface area contributed by atoms with Gasteiger partial charge >= 0.3 is 0 Å². The minimum absolute atomic E-state index is 0.0315. The molecule has 0 aromatic carbocycles. The van der Waals surface area contributed by atoms with Crippen LogP contribution >= 0.6 is 0 Å². The third-order valence-electron chi connectivity index (χ3n) is 3.62. The fourth-order valence-corrected chi connectivity index (χ4v) is 2.21. The molecule has 0 heterocycles. The van der Waals surface area contributed by atoms with E-state index in [4.69, 9.17) is 0 Å². The fraction of sp³-hybridized carbons (Fsp3) is 0.611. The Morgan fingerprint density at radius 1 is 1.05 bits per heavy atom. The summed E-state index contributed by atoms with van der Waals surface area (Å²) in [6.45, 7) is 12.7. The van der Waals surface area contributed by atoms with Crippen LogP contribution in [0.2, 0.25) is 0 Å². The van der Waals surface area contributed by atoms with Crippen LogP contribution in [0.15, 0.2) is 22.8 Å². The summed E-state index contributed by atoms with van der Waals surface area (Å²) in [4.78, 5) is 12.6. The molecule has 0 bridgehead atoms. The van der Waals surface area contributed by atoms with E-state index in [2.05, 4.69) is 59.5 Å². The molecule has 0 radical (unpaired) electrons. The zero-order chi connectivity index (χ0) is 14.4. The Labute approximate surface area is 117 Å². The van der Waals surface area contributed by atoms with Crippen LogP contribution in [0.1, 0.15) is 54.4 Å². The summed E-state index contributed by atoms with van der Waals surface area (Å²) in [6, 6.07) is 0. The van der Waals surface area contributed by atoms with Gasteiger partial charge in [-0.3, -0.25) is 4.79 Å². The van der Waals surface area contributed by atoms with Gasteiger partial charge in [0.2, 0.25) is 0 Å². The normalized spacial score (nSPS) is 20.3. The SMILES string of the molecule is CC(C)(C)C1=CC(C(C)(C)C)=C(C#CC2CC2)C1=O. The van der Waals surface area contributed by atoms with E-state index in [1.807, 2.05) is 0 Å². The third-order valence-corrected chi connectivity index (χ3v) is 3.62. The highest BCUT2D eigenvalue weighted by Crippen LogP contribution is 2.41. The Morgan fingerprint density at radius 3 is 2.05 bits per heavy atom. The Kier molecular flexibility index (Phi) is 3.25. The van der Waals surface area contributed by atoms with Crippen LogP contribution in [0.3, 0.4) is 0 Å². The van der Waals surface area contributed by atoms with Gasteiger partial charge < -0.3 is 0 Å². The van der Waals surface area contributed by atoms with Crippen LogP contribution in [0.5, 0.6) is 0 Å². The molecule has 19 heavy (non-hydrogen) atoms. The monoisotopic (exact) mass is 256 g/mol. The summed E-state index contributed by atoms with van der Waals surface area (Å²) in [6.07, 6.45) is 4.47. The first-order valence-corrected chi connectivity index (χ1v) is 7.14. The number of ketones is 1. The number of hydrogen-bond donors (Lipinski definition) is 0. The highest BCUT2D eigenvalue weighted by Gasteiger charge is 2.35. The molecule has 0 spiro atoms. The van der Waals surface area contributed by atoms with Crippen molar-refractivity contribution < 1.29 is 4.79 Å². The van der Waals surface area contributed by atoms with Crippen LogP contribution in [0, 0.1) is 28.6 Å². The standard InChI is InChI=1S/C18H24O/c1-17(2,3)14-11-15(18(4,5)6)16(19)13(14)10-9-12-7-8-12/h11-12H,7-8H2,1-6H3. The predicted octanol–water partition coefficient (Wildman–Crippen LogP) is 4.30. The second kappa shape index (κ2) is 4.37. The lowest BCUT2D eigenvalue weighted by Crippen LogP contribution is -2.16.